The van der Waals surface area contributed by atoms with Crippen LogP contribution in [0, 0.1) is 0 Å². The van der Waals surface area contributed by atoms with Crippen molar-refractivity contribution in [3.8, 4) is 0 Å². The zero-order valence-corrected chi connectivity index (χ0v) is 5.49. The Balaban J connectivity index is 3.34. The van der Waals surface area contributed by atoms with Gasteiger partial charge in [0.2, 0.25) is 0 Å². The highest BCUT2D eigenvalue weighted by atomic mass is 32.3. The molecule has 0 amide bonds. The van der Waals surface area contributed by atoms with Crippen LogP contribution in [0.4, 0.5) is 0 Å². The van der Waals surface area contributed by atoms with Crippen molar-refractivity contribution in [2.45, 2.75) is 0 Å². The number of hydrogen-bond acceptors (Lipinski definition) is 2. The predicted molar refractivity (Wildman–Crippen MR) is 34.6 cm³/mol. The van der Waals surface area contributed by atoms with Crippen molar-refractivity contribution in [1.82, 2.24) is 0 Å². The van der Waals surface area contributed by atoms with E-state index in [-0.39, 0.29) is 0 Å². The summed E-state index contributed by atoms with van der Waals surface area (Å²) in [4.78, 5) is 9.76. The summed E-state index contributed by atoms with van der Waals surface area (Å²) in [6.07, 6.45) is 4.68. The van der Waals surface area contributed by atoms with Crippen LogP contribution in [0.15, 0.2) is 0 Å². The van der Waals surface area contributed by atoms with Crippen molar-refractivity contribution in [1.29, 1.82) is 0 Å². The fraction of sp³-hybridized carbons (Fsp3) is 0.750. The molecule has 0 radical (unpaired) electrons. The molecule has 44 valence electrons. The maximum absolute atomic E-state index is 9.76. The van der Waals surface area contributed by atoms with Gasteiger partial charge in [0.25, 0.3) is 0 Å². The third-order valence-corrected chi connectivity index (χ3v) is 1.49. The van der Waals surface area contributed by atoms with Gasteiger partial charge in [0, 0.05) is 5.75 Å². The number of nitrogens with two attached hydrogens (primary N) is 1. The lowest BCUT2D eigenvalue weighted by atomic mass is 10.9. The largest absolute Gasteiger partial charge is 0.302 e. The molecule has 0 unspecified atom stereocenters. The average molecular weight is 121 g/mol. The summed E-state index contributed by atoms with van der Waals surface area (Å²) in [7, 11) is -1.04. The Morgan fingerprint density at radius 1 is 1.71 bits per heavy atom. The van der Waals surface area contributed by atoms with E-state index in [2.05, 4.69) is 0 Å². The molecule has 0 saturated carbocycles. The van der Waals surface area contributed by atoms with Gasteiger partial charge in [0.1, 0.15) is 6.29 Å². The van der Waals surface area contributed by atoms with Gasteiger partial charge in [-0.25, -0.2) is 0 Å². The molecule has 0 bridgehead atoms. The topological polar surface area (TPSA) is 43.1 Å². The molecule has 0 aliphatic rings. The molecule has 0 aromatic heterocycles. The lowest BCUT2D eigenvalue weighted by Crippen LogP contribution is -2.11. The fourth-order valence-corrected chi connectivity index (χ4v) is 0.526. The number of hydrogen-bond donors (Lipinski definition) is 1. The summed E-state index contributed by atoms with van der Waals surface area (Å²) in [6, 6.07) is 0. The monoisotopic (exact) mass is 121 g/mol. The first kappa shape index (κ1) is 6.98. The smallest absolute Gasteiger partial charge is 0.129 e. The second kappa shape index (κ2) is 2.33. The van der Waals surface area contributed by atoms with Gasteiger partial charge in [-0.1, -0.05) is 0 Å². The number of rotatable bonds is 2. The van der Waals surface area contributed by atoms with Gasteiger partial charge in [-0.3, -0.25) is 5.14 Å². The van der Waals surface area contributed by atoms with Crippen LogP contribution in [-0.2, 0) is 4.79 Å². The predicted octanol–water partition coefficient (Wildman–Crippen LogP) is 0.123. The van der Waals surface area contributed by atoms with Gasteiger partial charge < -0.3 is 4.79 Å². The maximum Gasteiger partial charge on any atom is 0.129 e. The van der Waals surface area contributed by atoms with Crippen LogP contribution in [0.1, 0.15) is 0 Å². The van der Waals surface area contributed by atoms with Crippen molar-refractivity contribution >= 4 is 16.5 Å². The Bertz CT molecular complexity index is 66.6. The summed E-state index contributed by atoms with van der Waals surface area (Å²) >= 11 is 0. The minimum absolute atomic E-state index is 0.521. The van der Waals surface area contributed by atoms with Crippen molar-refractivity contribution in [3.63, 3.8) is 0 Å². The molecule has 0 aromatic carbocycles. The Morgan fingerprint density at radius 2 is 2.14 bits per heavy atom. The lowest BCUT2D eigenvalue weighted by Gasteiger charge is -2.20. The molecule has 2 N–H and O–H groups in total. The molecule has 0 saturated heterocycles. The van der Waals surface area contributed by atoms with Crippen LogP contribution in [-0.4, -0.2) is 24.6 Å². The Labute approximate surface area is 45.5 Å². The third kappa shape index (κ3) is 5.98. The van der Waals surface area contributed by atoms with Gasteiger partial charge in [0.15, 0.2) is 0 Å². The van der Waals surface area contributed by atoms with Crippen LogP contribution in [0.3, 0.4) is 0 Å². The highest BCUT2D eigenvalue weighted by Gasteiger charge is 1.99. The fourth-order valence-electron chi connectivity index (χ4n) is 0.175. The van der Waals surface area contributed by atoms with Gasteiger partial charge in [-0.2, -0.15) is 10.2 Å². The molecule has 0 heterocycles. The lowest BCUT2D eigenvalue weighted by molar-refractivity contribution is -0.105. The Hall–Kier alpha value is -0.0200. The molecule has 0 spiro atoms. The second-order valence-electron chi connectivity index (χ2n) is 1.96. The molecule has 0 aromatic rings. The summed E-state index contributed by atoms with van der Waals surface area (Å²) in [6.45, 7) is 0. The van der Waals surface area contributed by atoms with Crippen molar-refractivity contribution in [2.24, 2.45) is 5.14 Å². The number of carbonyl (C=O) groups excluding carboxylic acids is 1. The van der Waals surface area contributed by atoms with Crippen LogP contribution in [0.5, 0.6) is 0 Å². The van der Waals surface area contributed by atoms with E-state index in [1.165, 1.54) is 0 Å². The Kier molecular flexibility index (Phi) is 2.32. The quantitative estimate of drug-likeness (QED) is 0.527. The molecular formula is C4H11NOS. The first-order valence-corrected chi connectivity index (χ1v) is 4.67. The normalized spacial score (nSPS) is 13.6. The molecule has 0 atom stereocenters. The molecular weight excluding hydrogens is 110 g/mol. The highest BCUT2D eigenvalue weighted by molar-refractivity contribution is 8.31. The summed E-state index contributed by atoms with van der Waals surface area (Å²) in [5.41, 5.74) is 0. The van der Waals surface area contributed by atoms with Crippen molar-refractivity contribution in [3.05, 3.63) is 0 Å². The molecule has 0 aliphatic carbocycles. The molecule has 0 fully saturated rings. The van der Waals surface area contributed by atoms with Crippen molar-refractivity contribution < 1.29 is 4.79 Å². The van der Waals surface area contributed by atoms with E-state index in [9.17, 15) is 4.79 Å². The minimum atomic E-state index is -1.04. The number of aldehydes is 1. The van der Waals surface area contributed by atoms with Gasteiger partial charge in [0.05, 0.1) is 0 Å². The molecule has 0 rings (SSSR count). The molecule has 0 aliphatic heterocycles. The average Bonchev–Trinajstić information content (AvgIpc) is 1.30. The number of carbonyl (C=O) groups is 1. The van der Waals surface area contributed by atoms with Gasteiger partial charge in [-0.15, -0.1) is 0 Å². The molecule has 7 heavy (non-hydrogen) atoms. The zero-order chi connectivity index (χ0) is 5.91. The van der Waals surface area contributed by atoms with E-state index in [1.807, 2.05) is 12.5 Å². The third-order valence-electron chi connectivity index (χ3n) is 0.498. The van der Waals surface area contributed by atoms with E-state index in [1.54, 1.807) is 0 Å². The summed E-state index contributed by atoms with van der Waals surface area (Å²) < 4.78 is 0. The van der Waals surface area contributed by atoms with Crippen LogP contribution < -0.4 is 5.14 Å². The SMILES string of the molecule is CS(C)(N)CC=O. The van der Waals surface area contributed by atoms with E-state index in [0.717, 1.165) is 6.29 Å². The van der Waals surface area contributed by atoms with Gasteiger partial charge >= 0.3 is 0 Å². The molecule has 3 heteroatoms. The first-order valence-electron chi connectivity index (χ1n) is 1.98. The van der Waals surface area contributed by atoms with Gasteiger partial charge in [-0.05, 0) is 12.5 Å². The van der Waals surface area contributed by atoms with E-state index >= 15 is 0 Å². The minimum Gasteiger partial charge on any atom is -0.302 e. The Morgan fingerprint density at radius 3 is 2.14 bits per heavy atom. The summed E-state index contributed by atoms with van der Waals surface area (Å²) in [5.74, 6) is 0.521. The summed E-state index contributed by atoms with van der Waals surface area (Å²) in [5, 5.41) is 5.50. The first-order chi connectivity index (χ1) is 3.06. The van der Waals surface area contributed by atoms with Crippen LogP contribution in [0.2, 0.25) is 0 Å². The standard InChI is InChI=1S/C4H11NOS/c1-7(2,5)4-3-6/h3H,4-5H2,1-2H3. The van der Waals surface area contributed by atoms with Crippen LogP contribution in [0.25, 0.3) is 0 Å². The maximum atomic E-state index is 9.76. The van der Waals surface area contributed by atoms with E-state index < -0.39 is 10.2 Å². The van der Waals surface area contributed by atoms with E-state index in [0.29, 0.717) is 5.75 Å². The van der Waals surface area contributed by atoms with E-state index in [4.69, 9.17) is 5.14 Å². The second-order valence-corrected chi connectivity index (χ2v) is 5.54. The zero-order valence-electron chi connectivity index (χ0n) is 4.68. The van der Waals surface area contributed by atoms with Crippen LogP contribution >= 0.6 is 10.2 Å². The highest BCUT2D eigenvalue weighted by Crippen LogP contribution is 2.26. The van der Waals surface area contributed by atoms with Crippen molar-refractivity contribution in [2.75, 3.05) is 18.3 Å². The molecule has 2 nitrogen and oxygen atoms in total.